The Kier molecular flexibility index (Phi) is 6.90. The van der Waals surface area contributed by atoms with Crippen LogP contribution in [0.2, 0.25) is 0 Å². The Labute approximate surface area is 170 Å². The number of piperidine rings is 1. The number of fused-ring (bicyclic) bond motifs is 1. The number of nitrogens with zero attached hydrogens (tertiary/aromatic N) is 2. The monoisotopic (exact) mass is 386 g/mol. The summed E-state index contributed by atoms with van der Waals surface area (Å²) in [6, 6.07) is 0.332. The van der Waals surface area contributed by atoms with Crippen LogP contribution in [-0.2, 0) is 4.79 Å². The first-order valence-corrected chi connectivity index (χ1v) is 11.8. The van der Waals surface area contributed by atoms with Crippen molar-refractivity contribution in [2.24, 2.45) is 5.92 Å². The van der Waals surface area contributed by atoms with Crippen LogP contribution in [-0.4, -0.2) is 59.1 Å². The highest BCUT2D eigenvalue weighted by atomic mass is 16.3. The largest absolute Gasteiger partial charge is 0.393 e. The number of likely N-dealkylation sites (tertiary alicyclic amines) is 2. The highest BCUT2D eigenvalue weighted by Crippen LogP contribution is 2.40. The van der Waals surface area contributed by atoms with Gasteiger partial charge in [0.15, 0.2) is 0 Å². The van der Waals surface area contributed by atoms with Crippen molar-refractivity contribution in [3.8, 4) is 0 Å². The minimum absolute atomic E-state index is 0.151. The fourth-order valence-corrected chi connectivity index (χ4v) is 5.85. The van der Waals surface area contributed by atoms with Gasteiger partial charge in [-0.1, -0.05) is 31.4 Å². The number of hydrogen-bond donors (Lipinski definition) is 1. The van der Waals surface area contributed by atoms with Crippen molar-refractivity contribution >= 4 is 5.91 Å². The van der Waals surface area contributed by atoms with Gasteiger partial charge in [0.25, 0.3) is 0 Å². The second-order valence-corrected chi connectivity index (χ2v) is 9.32. The number of carbonyl (C=O) groups excluding carboxylic acids is 1. The summed E-state index contributed by atoms with van der Waals surface area (Å²) in [6.07, 6.45) is 18.1. The van der Waals surface area contributed by atoms with E-state index in [-0.39, 0.29) is 6.10 Å². The van der Waals surface area contributed by atoms with Gasteiger partial charge in [0.1, 0.15) is 0 Å². The van der Waals surface area contributed by atoms with E-state index in [9.17, 15) is 9.90 Å². The molecule has 0 aromatic carbocycles. The smallest absolute Gasteiger partial charge is 0.224 e. The van der Waals surface area contributed by atoms with Crippen LogP contribution in [0.1, 0.15) is 77.0 Å². The van der Waals surface area contributed by atoms with Crippen molar-refractivity contribution in [2.75, 3.05) is 26.2 Å². The van der Waals surface area contributed by atoms with Crippen molar-refractivity contribution in [1.82, 2.24) is 9.80 Å². The molecular weight excluding hydrogens is 348 g/mol. The molecule has 4 rings (SSSR count). The summed E-state index contributed by atoms with van der Waals surface area (Å²) in [5.74, 6) is 1.00. The first kappa shape index (κ1) is 20.2. The Morgan fingerprint density at radius 1 is 0.964 bits per heavy atom. The molecule has 1 amide bonds. The number of aliphatic hydroxyl groups excluding tert-OH is 1. The predicted octanol–water partition coefficient (Wildman–Crippen LogP) is 4.05. The van der Waals surface area contributed by atoms with Gasteiger partial charge in [-0.15, -0.1) is 0 Å². The van der Waals surface area contributed by atoms with Crippen LogP contribution in [0.4, 0.5) is 0 Å². The zero-order chi connectivity index (χ0) is 19.3. The molecule has 2 aliphatic heterocycles. The van der Waals surface area contributed by atoms with Crippen LogP contribution >= 0.6 is 0 Å². The molecule has 2 aliphatic carbocycles. The Balaban J connectivity index is 1.42. The quantitative estimate of drug-likeness (QED) is 0.793. The van der Waals surface area contributed by atoms with E-state index in [0.29, 0.717) is 24.3 Å². The zero-order valence-electron chi connectivity index (χ0n) is 17.5. The third kappa shape index (κ3) is 4.71. The van der Waals surface area contributed by atoms with Crippen LogP contribution in [0.25, 0.3) is 0 Å². The van der Waals surface area contributed by atoms with Gasteiger partial charge in [0.05, 0.1) is 12.1 Å². The number of rotatable bonds is 4. The molecule has 2 unspecified atom stereocenters. The summed E-state index contributed by atoms with van der Waals surface area (Å²) in [4.78, 5) is 18.0. The average Bonchev–Trinajstić information content (AvgIpc) is 2.95. The lowest BCUT2D eigenvalue weighted by atomic mass is 9.74. The van der Waals surface area contributed by atoms with Crippen molar-refractivity contribution in [1.29, 1.82) is 0 Å². The molecule has 0 aromatic heterocycles. The highest BCUT2D eigenvalue weighted by Gasteiger charge is 2.38. The molecule has 0 bridgehead atoms. The minimum Gasteiger partial charge on any atom is -0.393 e. The molecule has 1 N–H and O–H groups in total. The fraction of sp³-hybridized carbons (Fsp3) is 0.792. The van der Waals surface area contributed by atoms with Crippen molar-refractivity contribution in [3.63, 3.8) is 0 Å². The molecule has 2 heterocycles. The number of amides is 1. The lowest BCUT2D eigenvalue weighted by molar-refractivity contribution is -0.135. The van der Waals surface area contributed by atoms with Gasteiger partial charge < -0.3 is 14.9 Å². The third-order valence-electron chi connectivity index (χ3n) is 7.42. The molecule has 3 fully saturated rings. The molecule has 0 aromatic rings. The van der Waals surface area contributed by atoms with Crippen LogP contribution < -0.4 is 0 Å². The predicted molar refractivity (Wildman–Crippen MR) is 113 cm³/mol. The van der Waals surface area contributed by atoms with Gasteiger partial charge in [0, 0.05) is 26.1 Å². The molecule has 4 aliphatic rings. The Morgan fingerprint density at radius 3 is 2.64 bits per heavy atom. The Bertz CT molecular complexity index is 606. The van der Waals surface area contributed by atoms with Crippen molar-refractivity contribution in [2.45, 2.75) is 89.2 Å². The van der Waals surface area contributed by atoms with E-state index < -0.39 is 0 Å². The molecule has 1 saturated carbocycles. The first-order chi connectivity index (χ1) is 13.7. The van der Waals surface area contributed by atoms with E-state index in [2.05, 4.69) is 22.0 Å². The molecule has 2 saturated heterocycles. The van der Waals surface area contributed by atoms with Gasteiger partial charge in [-0.2, -0.15) is 0 Å². The Hall–Kier alpha value is -1.13. The van der Waals surface area contributed by atoms with Gasteiger partial charge >= 0.3 is 0 Å². The number of carbonyl (C=O) groups is 1. The normalized spacial score (nSPS) is 30.2. The van der Waals surface area contributed by atoms with E-state index in [1.54, 1.807) is 0 Å². The standard InChI is InChI=1S/C24H38N2O2/c27-21-10-6-15-25(16-13-21)17-14-23(28)26-18-12-19-7-4-5-11-22(19)24(26)20-8-2-1-3-9-20/h7,11,20-21,24,27H,1-6,8-10,12-18H2. The summed E-state index contributed by atoms with van der Waals surface area (Å²) in [5.41, 5.74) is 3.03. The first-order valence-electron chi connectivity index (χ1n) is 11.8. The number of hydrogen-bond acceptors (Lipinski definition) is 3. The summed E-state index contributed by atoms with van der Waals surface area (Å²) in [6.45, 7) is 3.70. The molecule has 0 radical (unpaired) electrons. The van der Waals surface area contributed by atoms with E-state index in [1.807, 2.05) is 0 Å². The third-order valence-corrected chi connectivity index (χ3v) is 7.42. The minimum atomic E-state index is -0.151. The van der Waals surface area contributed by atoms with Gasteiger partial charge in [-0.3, -0.25) is 4.79 Å². The average molecular weight is 387 g/mol. The number of allylic oxidation sites excluding steroid dienone is 2. The van der Waals surface area contributed by atoms with E-state index >= 15 is 0 Å². The highest BCUT2D eigenvalue weighted by molar-refractivity contribution is 5.78. The van der Waals surface area contributed by atoms with Gasteiger partial charge in [0.2, 0.25) is 5.91 Å². The maximum absolute atomic E-state index is 13.3. The zero-order valence-corrected chi connectivity index (χ0v) is 17.5. The molecule has 0 spiro atoms. The summed E-state index contributed by atoms with van der Waals surface area (Å²) in [5, 5.41) is 9.86. The molecule has 4 heteroatoms. The molecular formula is C24H38N2O2. The SMILES string of the molecule is O=C(CCN1CCCC(O)CC1)N1CCC2=CCCC=C2C1C1CCCCC1. The molecule has 2 atom stereocenters. The molecule has 28 heavy (non-hydrogen) atoms. The summed E-state index contributed by atoms with van der Waals surface area (Å²) >= 11 is 0. The van der Waals surface area contributed by atoms with Crippen LogP contribution in [0.15, 0.2) is 23.3 Å². The summed E-state index contributed by atoms with van der Waals surface area (Å²) in [7, 11) is 0. The van der Waals surface area contributed by atoms with E-state index in [0.717, 1.165) is 58.3 Å². The van der Waals surface area contributed by atoms with E-state index in [1.165, 1.54) is 49.7 Å². The fourth-order valence-electron chi connectivity index (χ4n) is 5.85. The summed E-state index contributed by atoms with van der Waals surface area (Å²) < 4.78 is 0. The van der Waals surface area contributed by atoms with Crippen LogP contribution in [0.5, 0.6) is 0 Å². The molecule has 156 valence electrons. The topological polar surface area (TPSA) is 43.8 Å². The lowest BCUT2D eigenvalue weighted by Crippen LogP contribution is -2.50. The van der Waals surface area contributed by atoms with Crippen molar-refractivity contribution in [3.05, 3.63) is 23.3 Å². The van der Waals surface area contributed by atoms with Gasteiger partial charge in [-0.05, 0) is 75.0 Å². The maximum atomic E-state index is 13.3. The van der Waals surface area contributed by atoms with Gasteiger partial charge in [-0.25, -0.2) is 0 Å². The maximum Gasteiger partial charge on any atom is 0.224 e. The van der Waals surface area contributed by atoms with Crippen LogP contribution in [0.3, 0.4) is 0 Å². The Morgan fingerprint density at radius 2 is 1.79 bits per heavy atom. The molecule has 4 nitrogen and oxygen atoms in total. The second-order valence-electron chi connectivity index (χ2n) is 9.32. The van der Waals surface area contributed by atoms with Crippen LogP contribution in [0, 0.1) is 5.92 Å². The number of aliphatic hydroxyl groups is 1. The second kappa shape index (κ2) is 9.58. The van der Waals surface area contributed by atoms with Crippen molar-refractivity contribution < 1.29 is 9.90 Å². The lowest BCUT2D eigenvalue weighted by Gasteiger charge is -2.45. The van der Waals surface area contributed by atoms with E-state index in [4.69, 9.17) is 0 Å².